The van der Waals surface area contributed by atoms with Gasteiger partial charge in [-0.1, -0.05) is 65.6 Å². The van der Waals surface area contributed by atoms with Crippen molar-refractivity contribution in [2.45, 2.75) is 26.4 Å². The lowest BCUT2D eigenvalue weighted by molar-refractivity contribution is 0.0691. The summed E-state index contributed by atoms with van der Waals surface area (Å²) in [5.74, 6) is 0.398. The third kappa shape index (κ3) is 5.17. The predicted molar refractivity (Wildman–Crippen MR) is 144 cm³/mol. The smallest absolute Gasteiger partial charge is 0.354 e. The number of aromatic carboxylic acids is 1. The Balaban J connectivity index is 1.37. The number of hydrogen-bond acceptors (Lipinski definition) is 5. The molecule has 2 heterocycles. The van der Waals surface area contributed by atoms with Crippen molar-refractivity contribution in [2.75, 3.05) is 0 Å². The zero-order valence-corrected chi connectivity index (χ0v) is 21.4. The van der Waals surface area contributed by atoms with Crippen molar-refractivity contribution in [2.24, 2.45) is 0 Å². The van der Waals surface area contributed by atoms with E-state index in [0.717, 1.165) is 40.7 Å². The molecule has 2 aromatic heterocycles. The molecular weight excluding hydrogens is 511 g/mol. The number of nitrogens with zero attached hydrogens (tertiary/aromatic N) is 2. The molecule has 6 nitrogen and oxygen atoms in total. The topological polar surface area (TPSA) is 85.5 Å². The number of fused-ring (bicyclic) bond motifs is 1. The SMILES string of the molecule is CCCc1onc(-c2c(Cl)cccc2Cl)c1COc1ccc(-c2ccc3nc(C(=O)O)ccc3c2)cc1. The minimum atomic E-state index is -1.04. The largest absolute Gasteiger partial charge is 0.489 e. The van der Waals surface area contributed by atoms with Crippen LogP contribution in [-0.2, 0) is 13.0 Å². The number of aromatic nitrogens is 2. The first-order chi connectivity index (χ1) is 17.9. The van der Waals surface area contributed by atoms with Crippen molar-refractivity contribution in [3.05, 3.63) is 99.9 Å². The molecule has 3 aromatic carbocycles. The van der Waals surface area contributed by atoms with Gasteiger partial charge in [-0.25, -0.2) is 9.78 Å². The molecule has 0 saturated heterocycles. The first-order valence-electron chi connectivity index (χ1n) is 11.7. The third-order valence-electron chi connectivity index (χ3n) is 6.03. The minimum absolute atomic E-state index is 0.0247. The number of rotatable bonds is 8. The van der Waals surface area contributed by atoms with Gasteiger partial charge in [-0.15, -0.1) is 0 Å². The van der Waals surface area contributed by atoms with Crippen LogP contribution in [0.15, 0.2) is 77.3 Å². The zero-order valence-electron chi connectivity index (χ0n) is 19.9. The van der Waals surface area contributed by atoms with E-state index in [9.17, 15) is 4.79 Å². The molecule has 0 radical (unpaired) electrons. The highest BCUT2D eigenvalue weighted by Crippen LogP contribution is 2.37. The average Bonchev–Trinajstić information content (AvgIpc) is 3.29. The van der Waals surface area contributed by atoms with E-state index in [1.807, 2.05) is 42.5 Å². The van der Waals surface area contributed by atoms with Crippen molar-refractivity contribution in [3.8, 4) is 28.1 Å². The first kappa shape index (κ1) is 24.8. The number of aryl methyl sites for hydroxylation is 1. The second kappa shape index (κ2) is 10.6. The fraction of sp³-hybridized carbons (Fsp3) is 0.138. The molecule has 0 fully saturated rings. The van der Waals surface area contributed by atoms with Gasteiger partial charge in [0.2, 0.25) is 0 Å². The molecule has 0 aliphatic heterocycles. The summed E-state index contributed by atoms with van der Waals surface area (Å²) in [6.07, 6.45) is 1.61. The molecule has 0 bridgehead atoms. The van der Waals surface area contributed by atoms with Crippen LogP contribution in [-0.4, -0.2) is 21.2 Å². The maximum Gasteiger partial charge on any atom is 0.354 e. The van der Waals surface area contributed by atoms with Gasteiger partial charge in [0, 0.05) is 17.4 Å². The summed E-state index contributed by atoms with van der Waals surface area (Å²) in [6.45, 7) is 2.32. The Labute approximate surface area is 223 Å². The van der Waals surface area contributed by atoms with E-state index in [1.165, 1.54) is 6.07 Å². The highest BCUT2D eigenvalue weighted by Gasteiger charge is 2.22. The van der Waals surface area contributed by atoms with Gasteiger partial charge in [-0.05, 0) is 60.0 Å². The van der Waals surface area contributed by atoms with Gasteiger partial charge in [-0.3, -0.25) is 0 Å². The molecule has 0 amide bonds. The molecule has 0 spiro atoms. The standard InChI is InChI=1S/C29H22Cl2N2O4/c1-2-4-26-21(28(33-37-26)27-22(30)5-3-6-23(27)31)16-36-20-11-7-17(8-12-20)18-9-13-24-19(15-18)10-14-25(32-24)29(34)35/h3,5-15H,2,4,16H2,1H3,(H,34,35). The van der Waals surface area contributed by atoms with Crippen molar-refractivity contribution >= 4 is 40.1 Å². The number of pyridine rings is 1. The van der Waals surface area contributed by atoms with E-state index < -0.39 is 5.97 Å². The van der Waals surface area contributed by atoms with Crippen LogP contribution in [0, 0.1) is 0 Å². The van der Waals surface area contributed by atoms with Crippen molar-refractivity contribution in [1.82, 2.24) is 10.1 Å². The van der Waals surface area contributed by atoms with Gasteiger partial charge in [0.1, 0.15) is 29.5 Å². The van der Waals surface area contributed by atoms with Gasteiger partial charge in [-0.2, -0.15) is 0 Å². The molecule has 5 aromatic rings. The van der Waals surface area contributed by atoms with E-state index >= 15 is 0 Å². The Hall–Kier alpha value is -3.87. The van der Waals surface area contributed by atoms with Gasteiger partial charge in [0.05, 0.1) is 21.1 Å². The van der Waals surface area contributed by atoms with E-state index in [1.54, 1.807) is 24.3 Å². The fourth-order valence-corrected chi connectivity index (χ4v) is 4.74. The number of ether oxygens (including phenoxy) is 1. The molecule has 186 valence electrons. The van der Waals surface area contributed by atoms with Gasteiger partial charge in [0.25, 0.3) is 0 Å². The fourth-order valence-electron chi connectivity index (χ4n) is 4.16. The summed E-state index contributed by atoms with van der Waals surface area (Å²) in [5, 5.41) is 15.3. The molecule has 5 rings (SSSR count). The Morgan fingerprint density at radius 3 is 2.41 bits per heavy atom. The number of halogens is 2. The van der Waals surface area contributed by atoms with Crippen LogP contribution >= 0.6 is 23.2 Å². The van der Waals surface area contributed by atoms with Gasteiger partial charge >= 0.3 is 5.97 Å². The van der Waals surface area contributed by atoms with E-state index in [0.29, 0.717) is 32.6 Å². The lowest BCUT2D eigenvalue weighted by Crippen LogP contribution is -2.00. The quantitative estimate of drug-likeness (QED) is 0.217. The Kier molecular flexibility index (Phi) is 7.12. The number of carbonyl (C=O) groups is 1. The monoisotopic (exact) mass is 532 g/mol. The van der Waals surface area contributed by atoms with E-state index in [4.69, 9.17) is 37.6 Å². The Morgan fingerprint density at radius 1 is 0.973 bits per heavy atom. The van der Waals surface area contributed by atoms with Crippen LogP contribution in [0.1, 0.15) is 35.2 Å². The summed E-state index contributed by atoms with van der Waals surface area (Å²) in [6, 6.07) is 22.1. The van der Waals surface area contributed by atoms with Crippen LogP contribution < -0.4 is 4.74 Å². The van der Waals surface area contributed by atoms with Crippen molar-refractivity contribution in [1.29, 1.82) is 0 Å². The second-order valence-corrected chi connectivity index (χ2v) is 9.32. The Bertz CT molecular complexity index is 1580. The molecule has 0 aliphatic carbocycles. The number of carboxylic acid groups (broad SMARTS) is 1. The molecule has 8 heteroatoms. The van der Waals surface area contributed by atoms with Crippen LogP contribution in [0.2, 0.25) is 10.0 Å². The van der Waals surface area contributed by atoms with E-state index in [-0.39, 0.29) is 12.3 Å². The predicted octanol–water partition coefficient (Wildman–Crippen LogP) is 8.09. The second-order valence-electron chi connectivity index (χ2n) is 8.50. The van der Waals surface area contributed by atoms with Crippen LogP contribution in [0.25, 0.3) is 33.3 Å². The lowest BCUT2D eigenvalue weighted by Gasteiger charge is -2.10. The third-order valence-corrected chi connectivity index (χ3v) is 6.66. The highest BCUT2D eigenvalue weighted by atomic mass is 35.5. The number of hydrogen-bond donors (Lipinski definition) is 1. The summed E-state index contributed by atoms with van der Waals surface area (Å²) in [5.41, 5.74) is 4.69. The van der Waals surface area contributed by atoms with Crippen molar-refractivity contribution in [3.63, 3.8) is 0 Å². The van der Waals surface area contributed by atoms with Gasteiger partial charge < -0.3 is 14.4 Å². The summed E-state index contributed by atoms with van der Waals surface area (Å²) in [4.78, 5) is 15.4. The van der Waals surface area contributed by atoms with Crippen LogP contribution in [0.4, 0.5) is 0 Å². The minimum Gasteiger partial charge on any atom is -0.489 e. The van der Waals surface area contributed by atoms with E-state index in [2.05, 4.69) is 17.1 Å². The van der Waals surface area contributed by atoms with Crippen LogP contribution in [0.3, 0.4) is 0 Å². The lowest BCUT2D eigenvalue weighted by atomic mass is 10.0. The molecule has 0 saturated carbocycles. The highest BCUT2D eigenvalue weighted by molar-refractivity contribution is 6.39. The summed E-state index contributed by atoms with van der Waals surface area (Å²) < 4.78 is 11.8. The maximum absolute atomic E-state index is 11.2. The maximum atomic E-state index is 11.2. The summed E-state index contributed by atoms with van der Waals surface area (Å²) >= 11 is 12.9. The molecule has 1 N–H and O–H groups in total. The summed E-state index contributed by atoms with van der Waals surface area (Å²) in [7, 11) is 0. The number of benzene rings is 3. The molecule has 0 unspecified atom stereocenters. The molecule has 0 atom stereocenters. The van der Waals surface area contributed by atoms with Crippen LogP contribution in [0.5, 0.6) is 5.75 Å². The molecule has 37 heavy (non-hydrogen) atoms. The molecular formula is C29H22Cl2N2O4. The average molecular weight is 533 g/mol. The normalized spacial score (nSPS) is 11.1. The number of carboxylic acids is 1. The Morgan fingerprint density at radius 2 is 1.70 bits per heavy atom. The first-order valence-corrected chi connectivity index (χ1v) is 12.5. The molecule has 0 aliphatic rings. The van der Waals surface area contributed by atoms with Gasteiger partial charge in [0.15, 0.2) is 0 Å². The van der Waals surface area contributed by atoms with Crippen molar-refractivity contribution < 1.29 is 19.2 Å². The zero-order chi connectivity index (χ0) is 25.9.